The van der Waals surface area contributed by atoms with Crippen molar-refractivity contribution in [3.63, 3.8) is 0 Å². The quantitative estimate of drug-likeness (QED) is 0.275. The van der Waals surface area contributed by atoms with E-state index >= 15 is 0 Å². The molecule has 8 nitrogen and oxygen atoms in total. The lowest BCUT2D eigenvalue weighted by Crippen LogP contribution is -2.52. The van der Waals surface area contributed by atoms with Gasteiger partial charge in [0, 0.05) is 22.6 Å². The van der Waals surface area contributed by atoms with Crippen LogP contribution in [0.5, 0.6) is 5.75 Å². The maximum absolute atomic E-state index is 14.0. The van der Waals surface area contributed by atoms with Gasteiger partial charge in [0.2, 0.25) is 11.8 Å². The van der Waals surface area contributed by atoms with Crippen molar-refractivity contribution in [1.29, 1.82) is 0 Å². The molecule has 3 rings (SSSR count). The number of ether oxygens (including phenoxy) is 1. The second kappa shape index (κ2) is 14.1. The maximum atomic E-state index is 14.0. The average Bonchev–Trinajstić information content (AvgIpc) is 2.91. The summed E-state index contributed by atoms with van der Waals surface area (Å²) in [6.45, 7) is 8.77. The van der Waals surface area contributed by atoms with E-state index in [0.717, 1.165) is 9.87 Å². The molecule has 3 aromatic rings. The molecule has 0 aliphatic carbocycles. The second-order valence-electron chi connectivity index (χ2n) is 9.85. The van der Waals surface area contributed by atoms with Crippen LogP contribution in [0.2, 0.25) is 10.0 Å². The van der Waals surface area contributed by atoms with Crippen LogP contribution in [0.1, 0.15) is 38.8 Å². The van der Waals surface area contributed by atoms with Gasteiger partial charge in [0.05, 0.1) is 17.2 Å². The van der Waals surface area contributed by atoms with Gasteiger partial charge in [0.25, 0.3) is 10.0 Å². The molecule has 220 valence electrons. The molecule has 0 spiro atoms. The Morgan fingerprint density at radius 3 is 2.15 bits per heavy atom. The van der Waals surface area contributed by atoms with Crippen molar-refractivity contribution in [2.24, 2.45) is 0 Å². The molecule has 1 atom stereocenters. The molecule has 11 heteroatoms. The molecule has 3 aromatic carbocycles. The Morgan fingerprint density at radius 2 is 1.59 bits per heavy atom. The van der Waals surface area contributed by atoms with Gasteiger partial charge in [-0.25, -0.2) is 8.42 Å². The van der Waals surface area contributed by atoms with Crippen LogP contribution in [0, 0.1) is 6.92 Å². The van der Waals surface area contributed by atoms with Crippen molar-refractivity contribution in [2.75, 3.05) is 17.5 Å². The van der Waals surface area contributed by atoms with Crippen LogP contribution in [-0.4, -0.2) is 50.4 Å². The lowest BCUT2D eigenvalue weighted by molar-refractivity contribution is -0.139. The molecule has 0 aromatic heterocycles. The van der Waals surface area contributed by atoms with Gasteiger partial charge >= 0.3 is 0 Å². The van der Waals surface area contributed by atoms with Crippen LogP contribution >= 0.6 is 23.2 Å². The van der Waals surface area contributed by atoms with Gasteiger partial charge < -0.3 is 15.0 Å². The number of halogens is 2. The Balaban J connectivity index is 2.05. The normalized spacial score (nSPS) is 12.1. The lowest BCUT2D eigenvalue weighted by atomic mass is 10.1. The summed E-state index contributed by atoms with van der Waals surface area (Å²) < 4.78 is 34.4. The molecular weight excluding hydrogens is 585 g/mol. The van der Waals surface area contributed by atoms with E-state index in [9.17, 15) is 18.0 Å². The van der Waals surface area contributed by atoms with Crippen molar-refractivity contribution < 1.29 is 22.7 Å². The van der Waals surface area contributed by atoms with E-state index in [-0.39, 0.29) is 29.1 Å². The van der Waals surface area contributed by atoms with E-state index in [1.54, 1.807) is 61.5 Å². The standard InChI is InChI=1S/C30H35Cl2N3O5S/c1-6-40-26-13-11-25(12-14-26)35(41(38,39)27-15-7-21(4)8-16-27)19-29(36)34(22(5)30(37)33-20(2)3)18-23-9-10-24(31)17-28(23)32/h7-17,20,22H,6,18-19H2,1-5H3,(H,33,37)/t22-/m1/s1. The Labute approximate surface area is 252 Å². The Kier molecular flexibility index (Phi) is 11.1. The summed E-state index contributed by atoms with van der Waals surface area (Å²) in [4.78, 5) is 28.4. The molecule has 0 aliphatic heterocycles. The number of hydrogen-bond acceptors (Lipinski definition) is 5. The third kappa shape index (κ3) is 8.38. The number of amides is 2. The molecular formula is C30H35Cl2N3O5S. The van der Waals surface area contributed by atoms with Crippen LogP contribution in [0.25, 0.3) is 0 Å². The number of carbonyl (C=O) groups excluding carboxylic acids is 2. The van der Waals surface area contributed by atoms with E-state index in [2.05, 4.69) is 5.32 Å². The minimum atomic E-state index is -4.18. The smallest absolute Gasteiger partial charge is 0.264 e. The number of carbonyl (C=O) groups is 2. The number of sulfonamides is 1. The molecule has 0 unspecified atom stereocenters. The van der Waals surface area contributed by atoms with Gasteiger partial charge in [-0.3, -0.25) is 13.9 Å². The van der Waals surface area contributed by atoms with Crippen molar-refractivity contribution in [1.82, 2.24) is 10.2 Å². The molecule has 0 heterocycles. The highest BCUT2D eigenvalue weighted by Gasteiger charge is 2.33. The van der Waals surface area contributed by atoms with Gasteiger partial charge in [0.1, 0.15) is 18.3 Å². The molecule has 0 aliphatic rings. The van der Waals surface area contributed by atoms with Gasteiger partial charge in [0.15, 0.2) is 0 Å². The van der Waals surface area contributed by atoms with Crippen LogP contribution in [0.4, 0.5) is 5.69 Å². The van der Waals surface area contributed by atoms with Gasteiger partial charge in [-0.1, -0.05) is 47.0 Å². The molecule has 0 fully saturated rings. The first-order valence-electron chi connectivity index (χ1n) is 13.2. The van der Waals surface area contributed by atoms with Gasteiger partial charge in [-0.2, -0.15) is 0 Å². The monoisotopic (exact) mass is 619 g/mol. The zero-order valence-corrected chi connectivity index (χ0v) is 26.1. The minimum absolute atomic E-state index is 0.0303. The summed E-state index contributed by atoms with van der Waals surface area (Å²) >= 11 is 12.5. The molecule has 0 radical (unpaired) electrons. The van der Waals surface area contributed by atoms with Gasteiger partial charge in [-0.05, 0) is 88.7 Å². The summed E-state index contributed by atoms with van der Waals surface area (Å²) in [5.74, 6) is -0.410. The first-order chi connectivity index (χ1) is 19.3. The molecule has 2 amide bonds. The predicted molar refractivity (Wildman–Crippen MR) is 163 cm³/mol. The third-order valence-corrected chi connectivity index (χ3v) is 8.65. The van der Waals surface area contributed by atoms with Crippen molar-refractivity contribution in [2.45, 2.75) is 58.1 Å². The average molecular weight is 621 g/mol. The number of aryl methyl sites for hydroxylation is 1. The summed E-state index contributed by atoms with van der Waals surface area (Å²) in [6.07, 6.45) is 0. The topological polar surface area (TPSA) is 96.0 Å². The second-order valence-corrected chi connectivity index (χ2v) is 12.6. The van der Waals surface area contributed by atoms with Crippen molar-refractivity contribution >= 4 is 50.7 Å². The fourth-order valence-corrected chi connectivity index (χ4v) is 5.95. The third-order valence-electron chi connectivity index (χ3n) is 6.28. The molecule has 1 N–H and O–H groups in total. The first kappa shape index (κ1) is 32.2. The lowest BCUT2D eigenvalue weighted by Gasteiger charge is -2.32. The molecule has 0 saturated carbocycles. The molecule has 0 saturated heterocycles. The number of hydrogen-bond donors (Lipinski definition) is 1. The molecule has 0 bridgehead atoms. The Hall–Kier alpha value is -3.27. The fraction of sp³-hybridized carbons (Fsp3) is 0.333. The van der Waals surface area contributed by atoms with E-state index in [1.807, 2.05) is 27.7 Å². The van der Waals surface area contributed by atoms with Gasteiger partial charge in [-0.15, -0.1) is 0 Å². The Morgan fingerprint density at radius 1 is 0.951 bits per heavy atom. The first-order valence-corrected chi connectivity index (χ1v) is 15.4. The van der Waals surface area contributed by atoms with Crippen molar-refractivity contribution in [3.8, 4) is 5.75 Å². The highest BCUT2D eigenvalue weighted by molar-refractivity contribution is 7.92. The SMILES string of the molecule is CCOc1ccc(N(CC(=O)N(Cc2ccc(Cl)cc2Cl)[C@H](C)C(=O)NC(C)C)S(=O)(=O)c2ccc(C)cc2)cc1. The number of benzene rings is 3. The summed E-state index contributed by atoms with van der Waals surface area (Å²) in [5.41, 5.74) is 1.72. The van der Waals surface area contributed by atoms with Crippen LogP contribution in [0.3, 0.4) is 0 Å². The zero-order chi connectivity index (χ0) is 30.3. The summed E-state index contributed by atoms with van der Waals surface area (Å²) in [6, 6.07) is 16.6. The number of rotatable bonds is 12. The number of nitrogens with one attached hydrogen (secondary N) is 1. The van der Waals surface area contributed by atoms with E-state index in [0.29, 0.717) is 28.0 Å². The predicted octanol–water partition coefficient (Wildman–Crippen LogP) is 5.84. The fourth-order valence-electron chi connectivity index (χ4n) is 4.06. The minimum Gasteiger partial charge on any atom is -0.494 e. The zero-order valence-electron chi connectivity index (χ0n) is 23.7. The van der Waals surface area contributed by atoms with E-state index < -0.39 is 28.5 Å². The largest absolute Gasteiger partial charge is 0.494 e. The molecule has 41 heavy (non-hydrogen) atoms. The maximum Gasteiger partial charge on any atom is 0.264 e. The van der Waals surface area contributed by atoms with Crippen LogP contribution in [-0.2, 0) is 26.2 Å². The highest BCUT2D eigenvalue weighted by atomic mass is 35.5. The van der Waals surface area contributed by atoms with E-state index in [4.69, 9.17) is 27.9 Å². The van der Waals surface area contributed by atoms with E-state index in [1.165, 1.54) is 17.0 Å². The van der Waals surface area contributed by atoms with Crippen LogP contribution < -0.4 is 14.4 Å². The summed E-state index contributed by atoms with van der Waals surface area (Å²) in [7, 11) is -4.18. The van der Waals surface area contributed by atoms with Crippen LogP contribution in [0.15, 0.2) is 71.6 Å². The van der Waals surface area contributed by atoms with Crippen molar-refractivity contribution in [3.05, 3.63) is 87.9 Å². The number of anilines is 1. The Bertz CT molecular complexity index is 1460. The number of nitrogens with zero attached hydrogens (tertiary/aromatic N) is 2. The summed E-state index contributed by atoms with van der Waals surface area (Å²) in [5, 5.41) is 3.57. The highest BCUT2D eigenvalue weighted by Crippen LogP contribution is 2.28.